The van der Waals surface area contributed by atoms with Gasteiger partial charge in [0.2, 0.25) is 11.8 Å². The highest BCUT2D eigenvalue weighted by Gasteiger charge is 2.21. The van der Waals surface area contributed by atoms with E-state index in [9.17, 15) is 9.59 Å². The minimum Gasteiger partial charge on any atom is -0.312 e. The normalized spacial score (nSPS) is 15.8. The molecule has 1 aromatic carbocycles. The second-order valence-electron chi connectivity index (χ2n) is 4.56. The number of carbonyl (C=O) groups is 2. The first-order valence-corrected chi connectivity index (χ1v) is 6.29. The molecule has 5 nitrogen and oxygen atoms in total. The smallest absolute Gasteiger partial charge is 0.236 e. The second-order valence-corrected chi connectivity index (χ2v) is 4.56. The molecule has 0 aromatic heterocycles. The second kappa shape index (κ2) is 5.65. The van der Waals surface area contributed by atoms with Crippen LogP contribution >= 0.6 is 0 Å². The number of nitrogens with zero attached hydrogens (tertiary/aromatic N) is 2. The standard InChI is InChI=1S/C14H17N3O2/c1-10(15-16-11(2)18)12-5-7-13(8-6-12)17-9-3-4-14(17)19/h5-8H,3-4,9H2,1-2H3,(H,16,18)/b15-10-. The predicted octanol–water partition coefficient (Wildman–Crippen LogP) is 1.67. The van der Waals surface area contributed by atoms with Gasteiger partial charge in [0.05, 0.1) is 5.71 Å². The summed E-state index contributed by atoms with van der Waals surface area (Å²) in [5.41, 5.74) is 4.97. The molecule has 0 radical (unpaired) electrons. The molecule has 0 bridgehead atoms. The lowest BCUT2D eigenvalue weighted by atomic mass is 10.1. The van der Waals surface area contributed by atoms with Crippen LogP contribution in [0.4, 0.5) is 5.69 Å². The zero-order valence-corrected chi connectivity index (χ0v) is 11.1. The van der Waals surface area contributed by atoms with Crippen molar-refractivity contribution in [2.45, 2.75) is 26.7 Å². The Morgan fingerprint density at radius 1 is 1.26 bits per heavy atom. The number of hydrogen-bond donors (Lipinski definition) is 1. The summed E-state index contributed by atoms with van der Waals surface area (Å²) in [4.78, 5) is 24.2. The third kappa shape index (κ3) is 3.19. The number of benzene rings is 1. The molecule has 0 unspecified atom stereocenters. The Hall–Kier alpha value is -2.17. The minimum absolute atomic E-state index is 0.177. The van der Waals surface area contributed by atoms with Crippen molar-refractivity contribution in [1.82, 2.24) is 5.43 Å². The van der Waals surface area contributed by atoms with Gasteiger partial charge in [-0.15, -0.1) is 0 Å². The number of hydrazone groups is 1. The van der Waals surface area contributed by atoms with Gasteiger partial charge in [-0.05, 0) is 31.0 Å². The monoisotopic (exact) mass is 259 g/mol. The van der Waals surface area contributed by atoms with E-state index in [0.717, 1.165) is 29.9 Å². The van der Waals surface area contributed by atoms with E-state index < -0.39 is 0 Å². The van der Waals surface area contributed by atoms with Crippen LogP contribution in [-0.4, -0.2) is 24.1 Å². The number of nitrogens with one attached hydrogen (secondary N) is 1. The predicted molar refractivity (Wildman–Crippen MR) is 74.1 cm³/mol. The van der Waals surface area contributed by atoms with Crippen LogP contribution in [0.1, 0.15) is 32.3 Å². The fourth-order valence-electron chi connectivity index (χ4n) is 2.03. The van der Waals surface area contributed by atoms with E-state index in [0.29, 0.717) is 6.42 Å². The van der Waals surface area contributed by atoms with Gasteiger partial charge in [0.25, 0.3) is 0 Å². The van der Waals surface area contributed by atoms with Crippen molar-refractivity contribution in [3.05, 3.63) is 29.8 Å². The SMILES string of the molecule is CC(=O)N/N=C(/C)c1ccc(N2CCCC2=O)cc1. The first-order valence-electron chi connectivity index (χ1n) is 6.29. The highest BCUT2D eigenvalue weighted by molar-refractivity contribution is 6.00. The van der Waals surface area contributed by atoms with Crippen LogP contribution < -0.4 is 10.3 Å². The van der Waals surface area contributed by atoms with E-state index in [1.807, 2.05) is 31.2 Å². The summed E-state index contributed by atoms with van der Waals surface area (Å²) in [5, 5.41) is 3.97. The quantitative estimate of drug-likeness (QED) is 0.663. The van der Waals surface area contributed by atoms with Gasteiger partial charge in [-0.1, -0.05) is 12.1 Å². The number of amides is 2. The van der Waals surface area contributed by atoms with Crippen molar-refractivity contribution in [1.29, 1.82) is 0 Å². The molecule has 1 aliphatic rings. The van der Waals surface area contributed by atoms with Crippen molar-refractivity contribution in [2.24, 2.45) is 5.10 Å². The molecule has 0 saturated carbocycles. The topological polar surface area (TPSA) is 61.8 Å². The van der Waals surface area contributed by atoms with Crippen LogP contribution in [0, 0.1) is 0 Å². The highest BCUT2D eigenvalue weighted by atomic mass is 16.2. The Balaban J connectivity index is 2.12. The molecule has 0 atom stereocenters. The van der Waals surface area contributed by atoms with Crippen LogP contribution in [-0.2, 0) is 9.59 Å². The van der Waals surface area contributed by atoms with Crippen LogP contribution in [0.5, 0.6) is 0 Å². The molecule has 1 fully saturated rings. The van der Waals surface area contributed by atoms with Crippen molar-refractivity contribution < 1.29 is 9.59 Å². The fourth-order valence-corrected chi connectivity index (χ4v) is 2.03. The van der Waals surface area contributed by atoms with Crippen LogP contribution in [0.3, 0.4) is 0 Å². The van der Waals surface area contributed by atoms with Gasteiger partial charge in [-0.2, -0.15) is 5.10 Å². The molecule has 1 heterocycles. The summed E-state index contributed by atoms with van der Waals surface area (Å²) in [6, 6.07) is 7.62. The third-order valence-corrected chi connectivity index (χ3v) is 3.05. The Labute approximate surface area is 112 Å². The molecule has 100 valence electrons. The molecule has 19 heavy (non-hydrogen) atoms. The summed E-state index contributed by atoms with van der Waals surface area (Å²) in [7, 11) is 0. The maximum atomic E-state index is 11.6. The Bertz CT molecular complexity index is 520. The lowest BCUT2D eigenvalue weighted by molar-refractivity contribution is -0.119. The van der Waals surface area contributed by atoms with Gasteiger partial charge in [-0.25, -0.2) is 5.43 Å². The van der Waals surface area contributed by atoms with E-state index in [4.69, 9.17) is 0 Å². The van der Waals surface area contributed by atoms with Gasteiger partial charge in [0.15, 0.2) is 0 Å². The van der Waals surface area contributed by atoms with Crippen molar-refractivity contribution in [2.75, 3.05) is 11.4 Å². The van der Waals surface area contributed by atoms with E-state index in [1.54, 1.807) is 4.90 Å². The van der Waals surface area contributed by atoms with E-state index in [1.165, 1.54) is 6.92 Å². The lowest BCUT2D eigenvalue weighted by Crippen LogP contribution is -2.23. The van der Waals surface area contributed by atoms with Gasteiger partial charge in [0.1, 0.15) is 0 Å². The number of anilines is 1. The Morgan fingerprint density at radius 2 is 1.95 bits per heavy atom. The average molecular weight is 259 g/mol. The number of hydrogen-bond acceptors (Lipinski definition) is 3. The summed E-state index contributed by atoms with van der Waals surface area (Å²) in [6.45, 7) is 4.03. The maximum absolute atomic E-state index is 11.6. The highest BCUT2D eigenvalue weighted by Crippen LogP contribution is 2.21. The van der Waals surface area contributed by atoms with Gasteiger partial charge < -0.3 is 4.90 Å². The fraction of sp³-hybridized carbons (Fsp3) is 0.357. The molecule has 1 aliphatic heterocycles. The molecule has 1 aromatic rings. The number of carbonyl (C=O) groups excluding carboxylic acids is 2. The molecule has 1 saturated heterocycles. The molecule has 1 N–H and O–H groups in total. The summed E-state index contributed by atoms with van der Waals surface area (Å²) in [6.07, 6.45) is 1.55. The minimum atomic E-state index is -0.196. The summed E-state index contributed by atoms with van der Waals surface area (Å²) < 4.78 is 0. The van der Waals surface area contributed by atoms with E-state index >= 15 is 0 Å². The Morgan fingerprint density at radius 3 is 2.47 bits per heavy atom. The van der Waals surface area contributed by atoms with E-state index in [-0.39, 0.29) is 11.8 Å². The van der Waals surface area contributed by atoms with Crippen LogP contribution in [0.25, 0.3) is 0 Å². The molecular weight excluding hydrogens is 242 g/mol. The third-order valence-electron chi connectivity index (χ3n) is 3.05. The largest absolute Gasteiger partial charge is 0.312 e. The van der Waals surface area contributed by atoms with Gasteiger partial charge >= 0.3 is 0 Å². The van der Waals surface area contributed by atoms with E-state index in [2.05, 4.69) is 10.5 Å². The molecule has 0 spiro atoms. The summed E-state index contributed by atoms with van der Waals surface area (Å²) in [5.74, 6) is -0.0185. The van der Waals surface area contributed by atoms with Gasteiger partial charge in [0, 0.05) is 25.6 Å². The van der Waals surface area contributed by atoms with Crippen molar-refractivity contribution in [3.8, 4) is 0 Å². The first kappa shape index (κ1) is 13.3. The zero-order valence-electron chi connectivity index (χ0n) is 11.1. The molecule has 5 heteroatoms. The lowest BCUT2D eigenvalue weighted by Gasteiger charge is -2.15. The molecule has 0 aliphatic carbocycles. The number of rotatable bonds is 3. The van der Waals surface area contributed by atoms with Crippen LogP contribution in [0.15, 0.2) is 29.4 Å². The zero-order chi connectivity index (χ0) is 13.8. The first-order chi connectivity index (χ1) is 9.08. The van der Waals surface area contributed by atoms with Crippen molar-refractivity contribution in [3.63, 3.8) is 0 Å². The van der Waals surface area contributed by atoms with Gasteiger partial charge in [-0.3, -0.25) is 9.59 Å². The molecular formula is C14H17N3O2. The van der Waals surface area contributed by atoms with Crippen molar-refractivity contribution >= 4 is 23.2 Å². The summed E-state index contributed by atoms with van der Waals surface area (Å²) >= 11 is 0. The molecule has 2 rings (SSSR count). The maximum Gasteiger partial charge on any atom is 0.236 e. The molecule has 2 amide bonds. The average Bonchev–Trinajstić information content (AvgIpc) is 2.82. The Kier molecular flexibility index (Phi) is 3.94. The van der Waals surface area contributed by atoms with Crippen LogP contribution in [0.2, 0.25) is 0 Å².